The van der Waals surface area contributed by atoms with Gasteiger partial charge in [0, 0.05) is 6.04 Å². The molecule has 0 spiro atoms. The molecule has 14 heavy (non-hydrogen) atoms. The Morgan fingerprint density at radius 1 is 1.57 bits per heavy atom. The van der Waals surface area contributed by atoms with Gasteiger partial charge in [0.2, 0.25) is 0 Å². The monoisotopic (exact) mass is 199 g/mol. The number of carbonyl (C=O) groups excluding carboxylic acids is 1. The molecule has 1 unspecified atom stereocenters. The standard InChI is InChI=1S/C11H21NO2/c1-3-4-7-14-11(13)8-12-9(2)10-5-6-10/h9-10,12H,3-8H2,1-2H3. The number of esters is 1. The lowest BCUT2D eigenvalue weighted by atomic mass is 10.2. The number of nitrogens with one attached hydrogen (secondary N) is 1. The number of rotatable bonds is 7. The van der Waals surface area contributed by atoms with Crippen molar-refractivity contribution in [3.05, 3.63) is 0 Å². The first-order valence-corrected chi connectivity index (χ1v) is 5.63. The molecule has 3 nitrogen and oxygen atoms in total. The lowest BCUT2D eigenvalue weighted by Gasteiger charge is -2.11. The first kappa shape index (κ1) is 11.5. The van der Waals surface area contributed by atoms with Gasteiger partial charge in [0.25, 0.3) is 0 Å². The number of unbranched alkanes of at least 4 members (excludes halogenated alkanes) is 1. The Balaban J connectivity index is 1.96. The fraction of sp³-hybridized carbons (Fsp3) is 0.909. The third-order valence-electron chi connectivity index (χ3n) is 2.66. The maximum absolute atomic E-state index is 11.2. The van der Waals surface area contributed by atoms with Crippen LogP contribution in [0.2, 0.25) is 0 Å². The summed E-state index contributed by atoms with van der Waals surface area (Å²) >= 11 is 0. The van der Waals surface area contributed by atoms with Crippen molar-refractivity contribution in [2.24, 2.45) is 5.92 Å². The van der Waals surface area contributed by atoms with Crippen LogP contribution in [0.3, 0.4) is 0 Å². The van der Waals surface area contributed by atoms with Crippen molar-refractivity contribution in [1.82, 2.24) is 5.32 Å². The molecule has 1 saturated carbocycles. The van der Waals surface area contributed by atoms with Gasteiger partial charge in [-0.2, -0.15) is 0 Å². The molecule has 1 atom stereocenters. The van der Waals surface area contributed by atoms with E-state index in [1.807, 2.05) is 0 Å². The lowest BCUT2D eigenvalue weighted by molar-refractivity contribution is -0.142. The van der Waals surface area contributed by atoms with E-state index in [9.17, 15) is 4.79 Å². The van der Waals surface area contributed by atoms with E-state index in [-0.39, 0.29) is 5.97 Å². The average molecular weight is 199 g/mol. The Morgan fingerprint density at radius 3 is 2.86 bits per heavy atom. The highest BCUT2D eigenvalue weighted by Crippen LogP contribution is 2.32. The largest absolute Gasteiger partial charge is 0.465 e. The quantitative estimate of drug-likeness (QED) is 0.501. The first-order valence-electron chi connectivity index (χ1n) is 5.63. The molecule has 0 aliphatic heterocycles. The van der Waals surface area contributed by atoms with Crippen molar-refractivity contribution in [1.29, 1.82) is 0 Å². The van der Waals surface area contributed by atoms with Crippen molar-refractivity contribution in [2.75, 3.05) is 13.2 Å². The van der Waals surface area contributed by atoms with Crippen LogP contribution in [-0.4, -0.2) is 25.2 Å². The summed E-state index contributed by atoms with van der Waals surface area (Å²) in [6.45, 7) is 5.15. The van der Waals surface area contributed by atoms with Crippen molar-refractivity contribution < 1.29 is 9.53 Å². The smallest absolute Gasteiger partial charge is 0.319 e. The van der Waals surface area contributed by atoms with Crippen molar-refractivity contribution in [3.63, 3.8) is 0 Å². The summed E-state index contributed by atoms with van der Waals surface area (Å²) in [7, 11) is 0. The van der Waals surface area contributed by atoms with E-state index in [2.05, 4.69) is 19.2 Å². The number of carbonyl (C=O) groups is 1. The molecule has 1 aliphatic carbocycles. The van der Waals surface area contributed by atoms with E-state index in [1.165, 1.54) is 12.8 Å². The third-order valence-corrected chi connectivity index (χ3v) is 2.66. The van der Waals surface area contributed by atoms with Crippen LogP contribution in [0.25, 0.3) is 0 Å². The van der Waals surface area contributed by atoms with Gasteiger partial charge in [0.05, 0.1) is 13.2 Å². The van der Waals surface area contributed by atoms with Crippen molar-refractivity contribution >= 4 is 5.97 Å². The van der Waals surface area contributed by atoms with Crippen LogP contribution in [0.5, 0.6) is 0 Å². The topological polar surface area (TPSA) is 38.3 Å². The number of ether oxygens (including phenoxy) is 1. The minimum atomic E-state index is -0.119. The van der Waals surface area contributed by atoms with Gasteiger partial charge < -0.3 is 10.1 Å². The summed E-state index contributed by atoms with van der Waals surface area (Å²) < 4.78 is 5.03. The lowest BCUT2D eigenvalue weighted by Crippen LogP contribution is -2.33. The van der Waals surface area contributed by atoms with Gasteiger partial charge in [-0.05, 0) is 32.1 Å². The summed E-state index contributed by atoms with van der Waals surface area (Å²) in [5.41, 5.74) is 0. The minimum Gasteiger partial charge on any atom is -0.465 e. The second-order valence-electron chi connectivity index (χ2n) is 4.08. The SMILES string of the molecule is CCCCOC(=O)CNC(C)C1CC1. The summed E-state index contributed by atoms with van der Waals surface area (Å²) in [5.74, 6) is 0.671. The van der Waals surface area contributed by atoms with E-state index < -0.39 is 0 Å². The van der Waals surface area contributed by atoms with Gasteiger partial charge in [-0.1, -0.05) is 13.3 Å². The van der Waals surface area contributed by atoms with Crippen LogP contribution in [0.4, 0.5) is 0 Å². The van der Waals surface area contributed by atoms with Gasteiger partial charge in [0.15, 0.2) is 0 Å². The van der Waals surface area contributed by atoms with E-state index in [0.29, 0.717) is 19.2 Å². The molecule has 82 valence electrons. The molecule has 1 fully saturated rings. The molecule has 1 rings (SSSR count). The van der Waals surface area contributed by atoms with Crippen LogP contribution < -0.4 is 5.32 Å². The van der Waals surface area contributed by atoms with Crippen LogP contribution in [-0.2, 0) is 9.53 Å². The fourth-order valence-corrected chi connectivity index (χ4v) is 1.39. The molecule has 0 aromatic rings. The highest BCUT2D eigenvalue weighted by molar-refractivity contribution is 5.71. The minimum absolute atomic E-state index is 0.119. The maximum atomic E-state index is 11.2. The van der Waals surface area contributed by atoms with E-state index in [4.69, 9.17) is 4.74 Å². The average Bonchev–Trinajstić information content (AvgIpc) is 2.98. The number of hydrogen-bond acceptors (Lipinski definition) is 3. The predicted molar refractivity (Wildman–Crippen MR) is 56.1 cm³/mol. The summed E-state index contributed by atoms with van der Waals surface area (Å²) in [6, 6.07) is 0.466. The molecule has 0 amide bonds. The Morgan fingerprint density at radius 2 is 2.29 bits per heavy atom. The van der Waals surface area contributed by atoms with E-state index in [0.717, 1.165) is 18.8 Å². The summed E-state index contributed by atoms with van der Waals surface area (Å²) in [4.78, 5) is 11.2. The fourth-order valence-electron chi connectivity index (χ4n) is 1.39. The zero-order valence-electron chi connectivity index (χ0n) is 9.21. The Hall–Kier alpha value is -0.570. The Bertz CT molecular complexity index is 178. The Kier molecular flexibility index (Phi) is 4.94. The summed E-state index contributed by atoms with van der Waals surface area (Å²) in [6.07, 6.45) is 4.64. The molecule has 1 N–H and O–H groups in total. The highest BCUT2D eigenvalue weighted by atomic mass is 16.5. The van der Waals surface area contributed by atoms with Crippen LogP contribution >= 0.6 is 0 Å². The van der Waals surface area contributed by atoms with Crippen molar-refractivity contribution in [2.45, 2.75) is 45.6 Å². The van der Waals surface area contributed by atoms with Crippen LogP contribution in [0.1, 0.15) is 39.5 Å². The molecule has 1 aliphatic rings. The molecule has 0 heterocycles. The number of hydrogen-bond donors (Lipinski definition) is 1. The molecule has 0 aromatic heterocycles. The molecular weight excluding hydrogens is 178 g/mol. The molecule has 0 bridgehead atoms. The van der Waals surface area contributed by atoms with Crippen molar-refractivity contribution in [3.8, 4) is 0 Å². The van der Waals surface area contributed by atoms with Gasteiger partial charge >= 0.3 is 5.97 Å². The molecular formula is C11H21NO2. The molecule has 0 saturated heterocycles. The van der Waals surface area contributed by atoms with Crippen LogP contribution in [0.15, 0.2) is 0 Å². The maximum Gasteiger partial charge on any atom is 0.319 e. The molecule has 0 aromatic carbocycles. The molecule has 0 radical (unpaired) electrons. The molecule has 3 heteroatoms. The summed E-state index contributed by atoms with van der Waals surface area (Å²) in [5, 5.41) is 3.20. The normalized spacial score (nSPS) is 17.9. The van der Waals surface area contributed by atoms with Gasteiger partial charge in [-0.15, -0.1) is 0 Å². The zero-order chi connectivity index (χ0) is 10.4. The second kappa shape index (κ2) is 6.02. The van der Waals surface area contributed by atoms with Crippen LogP contribution in [0, 0.1) is 5.92 Å². The van der Waals surface area contributed by atoms with Gasteiger partial charge in [-0.3, -0.25) is 4.79 Å². The van der Waals surface area contributed by atoms with Gasteiger partial charge in [-0.25, -0.2) is 0 Å². The third kappa shape index (κ3) is 4.61. The van der Waals surface area contributed by atoms with Gasteiger partial charge in [0.1, 0.15) is 0 Å². The van der Waals surface area contributed by atoms with E-state index >= 15 is 0 Å². The predicted octanol–water partition coefficient (Wildman–Crippen LogP) is 1.72. The Labute approximate surface area is 86.2 Å². The second-order valence-corrected chi connectivity index (χ2v) is 4.08. The van der Waals surface area contributed by atoms with E-state index in [1.54, 1.807) is 0 Å². The highest BCUT2D eigenvalue weighted by Gasteiger charge is 2.27. The zero-order valence-corrected chi connectivity index (χ0v) is 9.21. The first-order chi connectivity index (χ1) is 6.74.